The summed E-state index contributed by atoms with van der Waals surface area (Å²) in [5, 5.41) is 10.8. The fourth-order valence-corrected chi connectivity index (χ4v) is 2.26. The van der Waals surface area contributed by atoms with Crippen LogP contribution in [0.15, 0.2) is 54.9 Å². The number of aliphatic carboxylic acids is 1. The van der Waals surface area contributed by atoms with Crippen LogP contribution < -0.4 is 4.74 Å². The van der Waals surface area contributed by atoms with Gasteiger partial charge in [-0.25, -0.2) is 14.6 Å². The van der Waals surface area contributed by atoms with E-state index in [0.717, 1.165) is 16.3 Å². The number of benzene rings is 2. The zero-order chi connectivity index (χ0) is 15.5. The number of carboxylic acid groups (broad SMARTS) is 1. The number of fused-ring (bicyclic) bond motifs is 1. The van der Waals surface area contributed by atoms with E-state index in [9.17, 15) is 9.59 Å². The van der Waals surface area contributed by atoms with Gasteiger partial charge in [-0.15, -0.1) is 0 Å². The highest BCUT2D eigenvalue weighted by Gasteiger charge is 2.17. The smallest absolute Gasteiger partial charge is 0.425 e. The third-order valence-electron chi connectivity index (χ3n) is 3.26. The Morgan fingerprint density at radius 1 is 1.14 bits per heavy atom. The van der Waals surface area contributed by atoms with E-state index in [1.807, 2.05) is 42.5 Å². The summed E-state index contributed by atoms with van der Waals surface area (Å²) in [6.07, 6.45) is 3.09. The third kappa shape index (κ3) is 2.67. The van der Waals surface area contributed by atoms with Crippen molar-refractivity contribution in [2.45, 2.75) is 6.54 Å². The van der Waals surface area contributed by atoms with E-state index in [4.69, 9.17) is 9.84 Å². The predicted molar refractivity (Wildman–Crippen MR) is 78.5 cm³/mol. The number of imidazole rings is 1. The van der Waals surface area contributed by atoms with E-state index in [0.29, 0.717) is 6.54 Å². The first-order chi connectivity index (χ1) is 10.6. The van der Waals surface area contributed by atoms with E-state index >= 15 is 0 Å². The van der Waals surface area contributed by atoms with Crippen LogP contribution in [-0.2, 0) is 16.1 Å². The SMILES string of the molecule is O=C(O)C(=O)Oc1nccn1Cc1cccc2ccccc12. The number of hydrogen-bond donors (Lipinski definition) is 1. The van der Waals surface area contributed by atoms with Gasteiger partial charge in [0, 0.05) is 12.4 Å². The molecular formula is C16H12N2O4. The van der Waals surface area contributed by atoms with Crippen molar-refractivity contribution in [1.29, 1.82) is 0 Å². The molecule has 0 bridgehead atoms. The Morgan fingerprint density at radius 2 is 1.91 bits per heavy atom. The number of carbonyl (C=O) groups excluding carboxylic acids is 1. The minimum atomic E-state index is -1.65. The van der Waals surface area contributed by atoms with Gasteiger partial charge in [0.2, 0.25) is 0 Å². The standard InChI is InChI=1S/C16H12N2O4/c19-14(20)15(21)22-16-17-8-9-18(16)10-12-6-3-5-11-4-1-2-7-13(11)12/h1-9H,10H2,(H,19,20). The molecule has 1 N–H and O–H groups in total. The highest BCUT2D eigenvalue weighted by Crippen LogP contribution is 2.21. The molecule has 0 radical (unpaired) electrons. The molecule has 2 aromatic carbocycles. The molecule has 0 fully saturated rings. The van der Waals surface area contributed by atoms with Crippen LogP contribution >= 0.6 is 0 Å². The Balaban J connectivity index is 1.92. The highest BCUT2D eigenvalue weighted by molar-refractivity contribution is 6.29. The van der Waals surface area contributed by atoms with Gasteiger partial charge in [0.1, 0.15) is 0 Å². The Kier molecular flexibility index (Phi) is 3.57. The quantitative estimate of drug-likeness (QED) is 0.591. The van der Waals surface area contributed by atoms with Gasteiger partial charge in [0.25, 0.3) is 0 Å². The molecule has 3 aromatic rings. The van der Waals surface area contributed by atoms with Crippen LogP contribution in [0.2, 0.25) is 0 Å². The largest absolute Gasteiger partial charge is 0.473 e. The van der Waals surface area contributed by atoms with Crippen molar-refractivity contribution in [2.75, 3.05) is 0 Å². The molecule has 0 unspecified atom stereocenters. The molecule has 0 saturated carbocycles. The Morgan fingerprint density at radius 3 is 2.73 bits per heavy atom. The number of aromatic nitrogens is 2. The zero-order valence-electron chi connectivity index (χ0n) is 11.5. The maximum atomic E-state index is 11.2. The van der Waals surface area contributed by atoms with Crippen molar-refractivity contribution in [1.82, 2.24) is 9.55 Å². The Labute approximate surface area is 125 Å². The minimum Gasteiger partial charge on any atom is -0.473 e. The predicted octanol–water partition coefficient (Wildman–Crippen LogP) is 2.07. The molecule has 0 amide bonds. The van der Waals surface area contributed by atoms with Crippen molar-refractivity contribution >= 4 is 22.7 Å². The van der Waals surface area contributed by atoms with Gasteiger partial charge >= 0.3 is 17.9 Å². The molecule has 1 heterocycles. The lowest BCUT2D eigenvalue weighted by Gasteiger charge is -2.09. The number of nitrogens with zero attached hydrogens (tertiary/aromatic N) is 2. The second-order valence-electron chi connectivity index (χ2n) is 4.67. The van der Waals surface area contributed by atoms with Crippen LogP contribution in [-0.4, -0.2) is 26.6 Å². The molecule has 0 spiro atoms. The second-order valence-corrected chi connectivity index (χ2v) is 4.67. The van der Waals surface area contributed by atoms with E-state index in [2.05, 4.69) is 4.98 Å². The van der Waals surface area contributed by atoms with Crippen LogP contribution in [0.1, 0.15) is 5.56 Å². The number of esters is 1. The Hall–Kier alpha value is -3.15. The molecule has 6 nitrogen and oxygen atoms in total. The summed E-state index contributed by atoms with van der Waals surface area (Å²) in [5.41, 5.74) is 1.02. The van der Waals surface area contributed by atoms with Crippen molar-refractivity contribution < 1.29 is 19.4 Å². The van der Waals surface area contributed by atoms with Crippen LogP contribution in [0, 0.1) is 0 Å². The summed E-state index contributed by atoms with van der Waals surface area (Å²) in [6.45, 7) is 0.420. The number of carboxylic acids is 1. The summed E-state index contributed by atoms with van der Waals surface area (Å²) in [4.78, 5) is 25.6. The van der Waals surface area contributed by atoms with Crippen LogP contribution in [0.3, 0.4) is 0 Å². The lowest BCUT2D eigenvalue weighted by molar-refractivity contribution is -0.158. The minimum absolute atomic E-state index is 0.0414. The molecule has 0 saturated heterocycles. The molecule has 0 atom stereocenters. The number of carbonyl (C=O) groups is 2. The first kappa shape index (κ1) is 13.8. The lowest BCUT2D eigenvalue weighted by Crippen LogP contribution is -2.21. The zero-order valence-corrected chi connectivity index (χ0v) is 11.5. The first-order valence-electron chi connectivity index (χ1n) is 6.58. The summed E-state index contributed by atoms with van der Waals surface area (Å²) < 4.78 is 6.33. The van der Waals surface area contributed by atoms with E-state index in [1.165, 1.54) is 6.20 Å². The highest BCUT2D eigenvalue weighted by atomic mass is 16.6. The van der Waals surface area contributed by atoms with Gasteiger partial charge in [0.15, 0.2) is 0 Å². The Bertz CT molecular complexity index is 849. The fraction of sp³-hybridized carbons (Fsp3) is 0.0625. The van der Waals surface area contributed by atoms with Gasteiger partial charge in [-0.2, -0.15) is 0 Å². The number of rotatable bonds is 3. The molecular weight excluding hydrogens is 284 g/mol. The summed E-state index contributed by atoms with van der Waals surface area (Å²) in [6, 6.07) is 13.8. The molecule has 110 valence electrons. The molecule has 1 aromatic heterocycles. The molecule has 6 heteroatoms. The molecule has 3 rings (SSSR count). The molecule has 0 aliphatic heterocycles. The molecule has 22 heavy (non-hydrogen) atoms. The van der Waals surface area contributed by atoms with Crippen molar-refractivity contribution in [3.63, 3.8) is 0 Å². The van der Waals surface area contributed by atoms with Crippen LogP contribution in [0.4, 0.5) is 0 Å². The molecule has 0 aliphatic carbocycles. The van der Waals surface area contributed by atoms with E-state index < -0.39 is 11.9 Å². The monoisotopic (exact) mass is 296 g/mol. The average Bonchev–Trinajstić information content (AvgIpc) is 2.94. The lowest BCUT2D eigenvalue weighted by atomic mass is 10.0. The van der Waals surface area contributed by atoms with Gasteiger partial charge in [-0.05, 0) is 16.3 Å². The number of hydrogen-bond acceptors (Lipinski definition) is 4. The normalized spacial score (nSPS) is 10.5. The third-order valence-corrected chi connectivity index (χ3v) is 3.26. The van der Waals surface area contributed by atoms with Gasteiger partial charge in [-0.1, -0.05) is 42.5 Å². The van der Waals surface area contributed by atoms with Gasteiger partial charge in [0.05, 0.1) is 6.54 Å². The first-order valence-corrected chi connectivity index (χ1v) is 6.58. The second kappa shape index (κ2) is 5.69. The number of ether oxygens (including phenoxy) is 1. The maximum Gasteiger partial charge on any atom is 0.425 e. The van der Waals surface area contributed by atoms with Crippen molar-refractivity contribution in [3.8, 4) is 6.01 Å². The van der Waals surface area contributed by atoms with Gasteiger partial charge < -0.3 is 9.84 Å². The van der Waals surface area contributed by atoms with Crippen molar-refractivity contribution in [3.05, 3.63) is 60.4 Å². The van der Waals surface area contributed by atoms with E-state index in [1.54, 1.807) is 10.8 Å². The van der Waals surface area contributed by atoms with Gasteiger partial charge in [-0.3, -0.25) is 4.57 Å². The van der Waals surface area contributed by atoms with Crippen LogP contribution in [0.5, 0.6) is 6.01 Å². The van der Waals surface area contributed by atoms with Crippen LogP contribution in [0.25, 0.3) is 10.8 Å². The summed E-state index contributed by atoms with van der Waals surface area (Å²) in [7, 11) is 0. The summed E-state index contributed by atoms with van der Waals surface area (Å²) in [5.74, 6) is -3.01. The topological polar surface area (TPSA) is 81.4 Å². The van der Waals surface area contributed by atoms with Crippen molar-refractivity contribution in [2.24, 2.45) is 0 Å². The fourth-order valence-electron chi connectivity index (χ4n) is 2.26. The van der Waals surface area contributed by atoms with E-state index in [-0.39, 0.29) is 6.01 Å². The maximum absolute atomic E-state index is 11.2. The average molecular weight is 296 g/mol. The molecule has 0 aliphatic rings. The summed E-state index contributed by atoms with van der Waals surface area (Å²) >= 11 is 0.